The van der Waals surface area contributed by atoms with Gasteiger partial charge in [0.15, 0.2) is 12.3 Å². The zero-order chi connectivity index (χ0) is 25.8. The molecular weight excluding hydrogens is 464 g/mol. The summed E-state index contributed by atoms with van der Waals surface area (Å²) in [6.07, 6.45) is 6.62. The number of nitrogens with one attached hydrogen (secondary N) is 1. The van der Waals surface area contributed by atoms with E-state index in [4.69, 9.17) is 14.9 Å². The minimum atomic E-state index is -0.752. The molecule has 1 aliphatic rings. The number of rotatable bonds is 10. The van der Waals surface area contributed by atoms with Crippen LogP contribution in [0.25, 0.3) is 11.0 Å². The molecule has 0 fully saturated rings. The number of fused-ring (bicyclic) bond motifs is 2. The largest absolute Gasteiger partial charge is 0.464 e. The first kappa shape index (κ1) is 25.3. The second-order valence-corrected chi connectivity index (χ2v) is 9.11. The van der Waals surface area contributed by atoms with Crippen LogP contribution in [0.15, 0.2) is 32.4 Å². The number of carbonyl (C=O) groups excluding carboxylic acids is 2. The lowest BCUT2D eigenvalue weighted by atomic mass is 10.0. The van der Waals surface area contributed by atoms with Crippen LogP contribution in [0.4, 0.5) is 11.5 Å². The van der Waals surface area contributed by atoms with E-state index in [1.54, 1.807) is 6.26 Å². The van der Waals surface area contributed by atoms with E-state index >= 15 is 0 Å². The fourth-order valence-electron chi connectivity index (χ4n) is 4.67. The number of ether oxygens (including phenoxy) is 1. The van der Waals surface area contributed by atoms with Crippen LogP contribution >= 0.6 is 0 Å². The van der Waals surface area contributed by atoms with Gasteiger partial charge in [-0.05, 0) is 55.4 Å². The average Bonchev–Trinajstić information content (AvgIpc) is 3.47. The van der Waals surface area contributed by atoms with Crippen molar-refractivity contribution in [3.05, 3.63) is 55.9 Å². The van der Waals surface area contributed by atoms with Crippen molar-refractivity contribution in [3.8, 4) is 0 Å². The Balaban J connectivity index is 1.49. The summed E-state index contributed by atoms with van der Waals surface area (Å²) in [5, 5.41) is 0.876. The second kappa shape index (κ2) is 10.8. The zero-order valence-corrected chi connectivity index (χ0v) is 20.7. The Morgan fingerprint density at radius 3 is 2.64 bits per heavy atom. The molecule has 0 aliphatic heterocycles. The van der Waals surface area contributed by atoms with E-state index < -0.39 is 29.7 Å². The van der Waals surface area contributed by atoms with Crippen molar-refractivity contribution < 1.29 is 18.7 Å². The van der Waals surface area contributed by atoms with Gasteiger partial charge in [0.25, 0.3) is 11.5 Å². The fourth-order valence-corrected chi connectivity index (χ4v) is 4.67. The fraction of sp³-hybridized carbons (Fsp3) is 0.462. The Kier molecular flexibility index (Phi) is 7.61. The van der Waals surface area contributed by atoms with Crippen molar-refractivity contribution in [2.24, 2.45) is 0 Å². The van der Waals surface area contributed by atoms with Gasteiger partial charge in [0, 0.05) is 24.0 Å². The lowest BCUT2D eigenvalue weighted by Gasteiger charge is -2.24. The van der Waals surface area contributed by atoms with Crippen LogP contribution in [0.5, 0.6) is 0 Å². The number of furan rings is 1. The number of aryl methyl sites for hydroxylation is 2. The Hall–Kier alpha value is -3.82. The number of nitrogens with zero attached hydrogens (tertiary/aromatic N) is 2. The van der Waals surface area contributed by atoms with Crippen LogP contribution in [0.2, 0.25) is 0 Å². The van der Waals surface area contributed by atoms with Gasteiger partial charge in [-0.25, -0.2) is 4.79 Å². The number of nitrogens with two attached hydrogens (primary N) is 1. The van der Waals surface area contributed by atoms with E-state index in [0.29, 0.717) is 24.9 Å². The highest BCUT2D eigenvalue weighted by atomic mass is 16.5. The summed E-state index contributed by atoms with van der Waals surface area (Å²) in [5.74, 6) is -1.26. The molecule has 0 bridgehead atoms. The normalized spacial score (nSPS) is 12.6. The molecule has 3 N–H and O–H groups in total. The first-order valence-electron chi connectivity index (χ1n) is 12.4. The molecule has 0 saturated carbocycles. The van der Waals surface area contributed by atoms with Crippen molar-refractivity contribution >= 4 is 34.4 Å². The van der Waals surface area contributed by atoms with Gasteiger partial charge in [-0.2, -0.15) is 0 Å². The van der Waals surface area contributed by atoms with Crippen molar-refractivity contribution in [2.45, 2.75) is 65.3 Å². The lowest BCUT2D eigenvalue weighted by Crippen LogP contribution is -2.43. The van der Waals surface area contributed by atoms with Gasteiger partial charge in [-0.1, -0.05) is 20.3 Å². The number of hydrogen-bond donors (Lipinski definition) is 2. The number of amides is 1. The number of benzene rings is 1. The molecular formula is C26H32N4O6. The zero-order valence-electron chi connectivity index (χ0n) is 20.7. The van der Waals surface area contributed by atoms with Crippen LogP contribution < -0.4 is 21.9 Å². The molecule has 3 aromatic rings. The third kappa shape index (κ3) is 5.07. The summed E-state index contributed by atoms with van der Waals surface area (Å²) >= 11 is 0. The van der Waals surface area contributed by atoms with Crippen molar-refractivity contribution in [2.75, 3.05) is 23.8 Å². The predicted octanol–water partition coefficient (Wildman–Crippen LogP) is 2.68. The molecule has 0 saturated heterocycles. The Bertz CT molecular complexity index is 1400. The van der Waals surface area contributed by atoms with Gasteiger partial charge in [-0.15, -0.1) is 0 Å². The summed E-state index contributed by atoms with van der Waals surface area (Å²) in [6.45, 7) is 3.74. The standard InChI is InChI=1S/C26H32N4O6/c1-3-5-10-29(23-24(27)30(9-4-2)26(34)28-25(23)33)21(31)15-36-22(32)13-18-14-35-20-12-17-8-6-7-16(17)11-19(18)20/h11-12,14H,3-10,13,15,27H2,1-2H3,(H,28,33,34). The summed E-state index contributed by atoms with van der Waals surface area (Å²) in [5.41, 5.74) is 8.65. The SMILES string of the molecule is CCCCN(C(=O)COC(=O)Cc1coc2cc3c(cc12)CCC3)c1c(N)n(CCC)c(=O)[nH]c1=O. The van der Waals surface area contributed by atoms with E-state index in [1.807, 2.05) is 19.9 Å². The monoisotopic (exact) mass is 496 g/mol. The first-order chi connectivity index (χ1) is 17.3. The number of unbranched alkanes of at least 4 members (excludes halogenated alkanes) is 1. The minimum absolute atomic E-state index is 0.0435. The highest BCUT2D eigenvalue weighted by Crippen LogP contribution is 2.30. The van der Waals surface area contributed by atoms with Gasteiger partial charge in [-0.3, -0.25) is 23.9 Å². The van der Waals surface area contributed by atoms with Crippen LogP contribution in [0.1, 0.15) is 56.2 Å². The van der Waals surface area contributed by atoms with E-state index in [0.717, 1.165) is 36.7 Å². The van der Waals surface area contributed by atoms with Crippen LogP contribution in [-0.4, -0.2) is 34.6 Å². The molecule has 10 heteroatoms. The molecule has 192 valence electrons. The van der Waals surface area contributed by atoms with Gasteiger partial charge < -0.3 is 19.8 Å². The van der Waals surface area contributed by atoms with Crippen molar-refractivity contribution in [3.63, 3.8) is 0 Å². The highest BCUT2D eigenvalue weighted by molar-refractivity contribution is 5.97. The summed E-state index contributed by atoms with van der Waals surface area (Å²) in [6, 6.07) is 4.10. The first-order valence-corrected chi connectivity index (χ1v) is 12.4. The number of hydrogen-bond acceptors (Lipinski definition) is 7. The molecule has 2 aromatic heterocycles. The van der Waals surface area contributed by atoms with Crippen molar-refractivity contribution in [1.29, 1.82) is 0 Å². The van der Waals surface area contributed by atoms with Crippen molar-refractivity contribution in [1.82, 2.24) is 9.55 Å². The Morgan fingerprint density at radius 2 is 1.92 bits per heavy atom. The number of carbonyl (C=O) groups is 2. The number of aromatic amines is 1. The second-order valence-electron chi connectivity index (χ2n) is 9.11. The molecule has 0 unspecified atom stereocenters. The predicted molar refractivity (Wildman–Crippen MR) is 136 cm³/mol. The number of esters is 1. The molecule has 0 radical (unpaired) electrons. The third-order valence-corrected chi connectivity index (χ3v) is 6.53. The smallest absolute Gasteiger partial charge is 0.330 e. The van der Waals surface area contributed by atoms with Gasteiger partial charge in [0.05, 0.1) is 12.7 Å². The number of nitrogen functional groups attached to an aromatic ring is 1. The molecule has 2 heterocycles. The topological polar surface area (TPSA) is 141 Å². The van der Waals surface area contributed by atoms with Gasteiger partial charge in [0.2, 0.25) is 0 Å². The maximum atomic E-state index is 13.1. The van der Waals surface area contributed by atoms with Crippen LogP contribution in [0.3, 0.4) is 0 Å². The van der Waals surface area contributed by atoms with E-state index in [9.17, 15) is 19.2 Å². The number of aromatic nitrogens is 2. The molecule has 36 heavy (non-hydrogen) atoms. The minimum Gasteiger partial charge on any atom is -0.464 e. The molecule has 4 rings (SSSR count). The van der Waals surface area contributed by atoms with Crippen LogP contribution in [-0.2, 0) is 40.1 Å². The summed E-state index contributed by atoms with van der Waals surface area (Å²) in [7, 11) is 0. The van der Waals surface area contributed by atoms with E-state index in [-0.39, 0.29) is 24.5 Å². The maximum absolute atomic E-state index is 13.1. The molecule has 0 atom stereocenters. The third-order valence-electron chi connectivity index (χ3n) is 6.53. The average molecular weight is 497 g/mol. The Morgan fingerprint density at radius 1 is 1.17 bits per heavy atom. The van der Waals surface area contributed by atoms with E-state index in [2.05, 4.69) is 11.1 Å². The maximum Gasteiger partial charge on any atom is 0.330 e. The molecule has 1 aliphatic carbocycles. The summed E-state index contributed by atoms with van der Waals surface area (Å²) < 4.78 is 12.2. The van der Waals surface area contributed by atoms with Gasteiger partial charge in [0.1, 0.15) is 11.4 Å². The molecule has 10 nitrogen and oxygen atoms in total. The molecule has 1 aromatic carbocycles. The van der Waals surface area contributed by atoms with E-state index in [1.165, 1.54) is 20.6 Å². The highest BCUT2D eigenvalue weighted by Gasteiger charge is 2.25. The Labute approximate surface area is 208 Å². The molecule has 0 spiro atoms. The lowest BCUT2D eigenvalue weighted by molar-refractivity contribution is -0.147. The number of anilines is 2. The molecule has 1 amide bonds. The van der Waals surface area contributed by atoms with Gasteiger partial charge >= 0.3 is 11.7 Å². The quantitative estimate of drug-likeness (QED) is 0.411. The number of H-pyrrole nitrogens is 1. The van der Waals surface area contributed by atoms with Crippen LogP contribution in [0, 0.1) is 0 Å². The summed E-state index contributed by atoms with van der Waals surface area (Å²) in [4.78, 5) is 53.9.